The van der Waals surface area contributed by atoms with Gasteiger partial charge in [-0.15, -0.1) is 0 Å². The van der Waals surface area contributed by atoms with Crippen LogP contribution in [0.4, 0.5) is 0 Å². The van der Waals surface area contributed by atoms with Gasteiger partial charge < -0.3 is 9.64 Å². The SMILES string of the molecule is CC(C)C#CCN1CCN(CCCCCCOC(C)C)CC1. The molecule has 0 unspecified atom stereocenters. The fourth-order valence-corrected chi connectivity index (χ4v) is 2.64. The predicted molar refractivity (Wildman–Crippen MR) is 95.1 cm³/mol. The summed E-state index contributed by atoms with van der Waals surface area (Å²) < 4.78 is 5.57. The molecule has 1 fully saturated rings. The van der Waals surface area contributed by atoms with E-state index in [-0.39, 0.29) is 0 Å². The third-order valence-corrected chi connectivity index (χ3v) is 3.98. The van der Waals surface area contributed by atoms with Crippen LogP contribution in [-0.2, 0) is 4.74 Å². The van der Waals surface area contributed by atoms with E-state index in [0.717, 1.165) is 13.2 Å². The highest BCUT2D eigenvalue weighted by Crippen LogP contribution is 2.06. The second-order valence-corrected chi connectivity index (χ2v) is 6.93. The number of piperazine rings is 1. The van der Waals surface area contributed by atoms with Gasteiger partial charge in [-0.2, -0.15) is 0 Å². The minimum Gasteiger partial charge on any atom is -0.379 e. The Labute approximate surface area is 138 Å². The molecule has 1 saturated heterocycles. The van der Waals surface area contributed by atoms with E-state index in [2.05, 4.69) is 49.3 Å². The quantitative estimate of drug-likeness (QED) is 0.480. The van der Waals surface area contributed by atoms with Crippen molar-refractivity contribution < 1.29 is 4.74 Å². The molecule has 1 heterocycles. The monoisotopic (exact) mass is 308 g/mol. The van der Waals surface area contributed by atoms with Gasteiger partial charge in [0.15, 0.2) is 0 Å². The van der Waals surface area contributed by atoms with Crippen molar-refractivity contribution in [3.63, 3.8) is 0 Å². The molecule has 1 aliphatic heterocycles. The molecule has 3 nitrogen and oxygen atoms in total. The summed E-state index contributed by atoms with van der Waals surface area (Å²) in [5, 5.41) is 0. The highest BCUT2D eigenvalue weighted by Gasteiger charge is 2.15. The third kappa shape index (κ3) is 10.2. The Kier molecular flexibility index (Phi) is 10.6. The molecule has 0 atom stereocenters. The average Bonchev–Trinajstić information content (AvgIpc) is 2.47. The zero-order chi connectivity index (χ0) is 16.2. The van der Waals surface area contributed by atoms with E-state index in [1.165, 1.54) is 58.4 Å². The van der Waals surface area contributed by atoms with Crippen LogP contribution in [0.1, 0.15) is 53.4 Å². The summed E-state index contributed by atoms with van der Waals surface area (Å²) in [6.45, 7) is 16.4. The fourth-order valence-electron chi connectivity index (χ4n) is 2.64. The van der Waals surface area contributed by atoms with Crippen LogP contribution in [0.15, 0.2) is 0 Å². The molecule has 0 aromatic rings. The molecule has 1 rings (SSSR count). The number of unbranched alkanes of at least 4 members (excludes halogenated alkanes) is 3. The van der Waals surface area contributed by atoms with E-state index in [9.17, 15) is 0 Å². The van der Waals surface area contributed by atoms with Crippen molar-refractivity contribution in [3.05, 3.63) is 0 Å². The normalized spacial score (nSPS) is 17.0. The number of hydrogen-bond acceptors (Lipinski definition) is 3. The number of rotatable bonds is 9. The Morgan fingerprint density at radius 1 is 0.864 bits per heavy atom. The molecular formula is C19H36N2O. The highest BCUT2D eigenvalue weighted by atomic mass is 16.5. The molecule has 0 radical (unpaired) electrons. The van der Waals surface area contributed by atoms with Crippen LogP contribution in [0.5, 0.6) is 0 Å². The predicted octanol–water partition coefficient (Wildman–Crippen LogP) is 3.25. The van der Waals surface area contributed by atoms with Gasteiger partial charge in [-0.3, -0.25) is 4.90 Å². The summed E-state index contributed by atoms with van der Waals surface area (Å²) in [5.41, 5.74) is 0. The van der Waals surface area contributed by atoms with E-state index < -0.39 is 0 Å². The molecule has 1 aliphatic rings. The molecule has 0 aromatic heterocycles. The van der Waals surface area contributed by atoms with Crippen LogP contribution in [0.3, 0.4) is 0 Å². The summed E-state index contributed by atoms with van der Waals surface area (Å²) in [6, 6.07) is 0. The maximum Gasteiger partial charge on any atom is 0.0602 e. The van der Waals surface area contributed by atoms with Crippen LogP contribution in [0.2, 0.25) is 0 Å². The van der Waals surface area contributed by atoms with E-state index in [1.54, 1.807) is 0 Å². The summed E-state index contributed by atoms with van der Waals surface area (Å²) >= 11 is 0. The molecular weight excluding hydrogens is 272 g/mol. The molecule has 0 saturated carbocycles. The lowest BCUT2D eigenvalue weighted by Crippen LogP contribution is -2.46. The van der Waals surface area contributed by atoms with Gasteiger partial charge in [0.05, 0.1) is 12.6 Å². The van der Waals surface area contributed by atoms with Crippen molar-refractivity contribution in [3.8, 4) is 11.8 Å². The second kappa shape index (κ2) is 11.9. The van der Waals surface area contributed by atoms with Gasteiger partial charge in [0.25, 0.3) is 0 Å². The van der Waals surface area contributed by atoms with Crippen molar-refractivity contribution in [1.82, 2.24) is 9.80 Å². The Balaban J connectivity index is 1.96. The van der Waals surface area contributed by atoms with Gasteiger partial charge in [0, 0.05) is 38.7 Å². The first-order chi connectivity index (χ1) is 10.6. The Bertz CT molecular complexity index is 322. The number of hydrogen-bond donors (Lipinski definition) is 0. The zero-order valence-electron chi connectivity index (χ0n) is 15.2. The average molecular weight is 309 g/mol. The standard InChI is InChI=1S/C19H36N2O/c1-18(2)10-9-12-21-15-13-20(14-16-21)11-7-5-6-8-17-22-19(3)4/h18-19H,5-8,11-17H2,1-4H3. The zero-order valence-corrected chi connectivity index (χ0v) is 15.2. The second-order valence-electron chi connectivity index (χ2n) is 6.93. The summed E-state index contributed by atoms with van der Waals surface area (Å²) in [5.74, 6) is 7.04. The van der Waals surface area contributed by atoms with Gasteiger partial charge in [-0.25, -0.2) is 0 Å². The molecule has 0 aromatic carbocycles. The van der Waals surface area contributed by atoms with E-state index in [4.69, 9.17) is 4.74 Å². The molecule has 0 amide bonds. The molecule has 0 N–H and O–H groups in total. The largest absolute Gasteiger partial charge is 0.379 e. The lowest BCUT2D eigenvalue weighted by molar-refractivity contribution is 0.0754. The fraction of sp³-hybridized carbons (Fsp3) is 0.895. The molecule has 128 valence electrons. The Morgan fingerprint density at radius 3 is 2.14 bits per heavy atom. The van der Waals surface area contributed by atoms with Gasteiger partial charge >= 0.3 is 0 Å². The van der Waals surface area contributed by atoms with E-state index in [1.807, 2.05) is 0 Å². The van der Waals surface area contributed by atoms with Crippen molar-refractivity contribution >= 4 is 0 Å². The van der Waals surface area contributed by atoms with Crippen molar-refractivity contribution in [2.75, 3.05) is 45.9 Å². The van der Waals surface area contributed by atoms with Crippen LogP contribution in [-0.4, -0.2) is 61.8 Å². The van der Waals surface area contributed by atoms with Crippen LogP contribution in [0.25, 0.3) is 0 Å². The summed E-state index contributed by atoms with van der Waals surface area (Å²) in [7, 11) is 0. The molecule has 22 heavy (non-hydrogen) atoms. The van der Waals surface area contributed by atoms with Gasteiger partial charge in [-0.1, -0.05) is 38.5 Å². The molecule has 0 aliphatic carbocycles. The highest BCUT2D eigenvalue weighted by molar-refractivity contribution is 5.03. The first-order valence-electron chi connectivity index (χ1n) is 9.12. The molecule has 0 bridgehead atoms. The smallest absolute Gasteiger partial charge is 0.0602 e. The first-order valence-corrected chi connectivity index (χ1v) is 9.12. The summed E-state index contributed by atoms with van der Waals surface area (Å²) in [6.07, 6.45) is 5.55. The molecule has 3 heteroatoms. The van der Waals surface area contributed by atoms with Crippen LogP contribution in [0, 0.1) is 17.8 Å². The van der Waals surface area contributed by atoms with Crippen molar-refractivity contribution in [1.29, 1.82) is 0 Å². The maximum atomic E-state index is 5.57. The maximum absolute atomic E-state index is 5.57. The van der Waals surface area contributed by atoms with Crippen LogP contribution < -0.4 is 0 Å². The summed E-state index contributed by atoms with van der Waals surface area (Å²) in [4.78, 5) is 5.09. The Morgan fingerprint density at radius 2 is 1.50 bits per heavy atom. The van der Waals surface area contributed by atoms with Crippen molar-refractivity contribution in [2.45, 2.75) is 59.5 Å². The third-order valence-electron chi connectivity index (χ3n) is 3.98. The first kappa shape index (κ1) is 19.5. The minimum atomic E-state index is 0.376. The Hall–Kier alpha value is -0.560. The van der Waals surface area contributed by atoms with Gasteiger partial charge in [0.1, 0.15) is 0 Å². The lowest BCUT2D eigenvalue weighted by atomic mass is 10.2. The number of ether oxygens (including phenoxy) is 1. The van der Waals surface area contributed by atoms with Gasteiger partial charge in [0.2, 0.25) is 0 Å². The number of nitrogens with zero attached hydrogens (tertiary/aromatic N) is 2. The van der Waals surface area contributed by atoms with E-state index >= 15 is 0 Å². The lowest BCUT2D eigenvalue weighted by Gasteiger charge is -2.33. The van der Waals surface area contributed by atoms with Gasteiger partial charge in [-0.05, 0) is 33.2 Å². The topological polar surface area (TPSA) is 15.7 Å². The van der Waals surface area contributed by atoms with Crippen molar-refractivity contribution in [2.24, 2.45) is 5.92 Å². The van der Waals surface area contributed by atoms with Crippen LogP contribution >= 0.6 is 0 Å². The van der Waals surface area contributed by atoms with E-state index in [0.29, 0.717) is 12.0 Å². The minimum absolute atomic E-state index is 0.376. The molecule has 0 spiro atoms.